The number of carboxylic acids is 1. The number of benzene rings is 2. The van der Waals surface area contributed by atoms with Crippen LogP contribution < -0.4 is 4.90 Å². The molecule has 1 aliphatic heterocycles. The summed E-state index contributed by atoms with van der Waals surface area (Å²) in [6, 6.07) is 15.9. The fraction of sp³-hybridized carbons (Fsp3) is 0.316. The number of nitro groups is 1. The Labute approximate surface area is 158 Å². The molecular formula is C19H21ClN2O4. The van der Waals surface area contributed by atoms with E-state index in [0.29, 0.717) is 0 Å². The molecule has 6 nitrogen and oxygen atoms in total. The van der Waals surface area contributed by atoms with Crippen molar-refractivity contribution in [1.29, 1.82) is 0 Å². The van der Waals surface area contributed by atoms with Gasteiger partial charge in [-0.3, -0.25) is 14.9 Å². The summed E-state index contributed by atoms with van der Waals surface area (Å²) >= 11 is 0. The number of nitro benzene ring substituents is 1. The van der Waals surface area contributed by atoms with Crippen LogP contribution in [0.4, 0.5) is 11.4 Å². The lowest BCUT2D eigenvalue weighted by Crippen LogP contribution is -2.37. The first kappa shape index (κ1) is 19.7. The molecule has 1 fully saturated rings. The minimum atomic E-state index is -0.778. The van der Waals surface area contributed by atoms with Crippen molar-refractivity contribution in [3.8, 4) is 0 Å². The second-order valence-corrected chi connectivity index (χ2v) is 6.32. The van der Waals surface area contributed by atoms with Gasteiger partial charge in [0.15, 0.2) is 0 Å². The van der Waals surface area contributed by atoms with E-state index in [9.17, 15) is 20.0 Å². The molecule has 1 saturated heterocycles. The lowest BCUT2D eigenvalue weighted by atomic mass is 9.80. The van der Waals surface area contributed by atoms with E-state index in [2.05, 4.69) is 4.90 Å². The molecule has 0 amide bonds. The van der Waals surface area contributed by atoms with E-state index in [1.807, 2.05) is 30.3 Å². The number of aliphatic carboxylic acids is 1. The van der Waals surface area contributed by atoms with Crippen LogP contribution in [0.3, 0.4) is 0 Å². The molecule has 1 aliphatic rings. The fourth-order valence-corrected chi connectivity index (χ4v) is 3.55. The number of piperidine rings is 1. The van der Waals surface area contributed by atoms with Gasteiger partial charge in [0, 0.05) is 30.9 Å². The number of rotatable bonds is 5. The van der Waals surface area contributed by atoms with Crippen molar-refractivity contribution in [3.63, 3.8) is 0 Å². The molecule has 0 aromatic heterocycles. The molecule has 1 N–H and O–H groups in total. The summed E-state index contributed by atoms with van der Waals surface area (Å²) in [5.74, 6) is -1.17. The highest BCUT2D eigenvalue weighted by Gasteiger charge is 2.32. The molecule has 0 spiro atoms. The smallest absolute Gasteiger partial charge is 0.311 e. The third kappa shape index (κ3) is 4.32. The van der Waals surface area contributed by atoms with Crippen LogP contribution >= 0.6 is 12.4 Å². The van der Waals surface area contributed by atoms with Gasteiger partial charge in [-0.25, -0.2) is 0 Å². The molecule has 7 heteroatoms. The Morgan fingerprint density at radius 2 is 1.65 bits per heavy atom. The Kier molecular flexibility index (Phi) is 6.58. The molecule has 2 aromatic rings. The normalized spacial score (nSPS) is 15.8. The topological polar surface area (TPSA) is 83.7 Å². The third-order valence-electron chi connectivity index (χ3n) is 4.86. The summed E-state index contributed by atoms with van der Waals surface area (Å²) in [5, 5.41) is 20.4. The van der Waals surface area contributed by atoms with Crippen molar-refractivity contribution >= 4 is 29.8 Å². The maximum Gasteiger partial charge on any atom is 0.311 e. The Hall–Kier alpha value is -2.60. The zero-order valence-electron chi connectivity index (χ0n) is 14.2. The standard InChI is InChI=1S/C19H20N2O4.ClH/c22-19(23)18(14-4-2-1-3-5-14)15-10-12-20(13-11-15)16-6-8-17(9-7-16)21(24)25;/h1-9,15,18H,10-13H2,(H,22,23);1H. The van der Waals surface area contributed by atoms with Crippen molar-refractivity contribution in [2.24, 2.45) is 5.92 Å². The van der Waals surface area contributed by atoms with Gasteiger partial charge in [0.1, 0.15) is 0 Å². The second-order valence-electron chi connectivity index (χ2n) is 6.32. The average Bonchev–Trinajstić information content (AvgIpc) is 2.63. The highest BCUT2D eigenvalue weighted by atomic mass is 35.5. The predicted octanol–water partition coefficient (Wildman–Crippen LogP) is 4.10. The van der Waals surface area contributed by atoms with Gasteiger partial charge in [0.25, 0.3) is 5.69 Å². The van der Waals surface area contributed by atoms with Crippen LogP contribution in [0, 0.1) is 16.0 Å². The van der Waals surface area contributed by atoms with Gasteiger partial charge >= 0.3 is 5.97 Å². The lowest BCUT2D eigenvalue weighted by Gasteiger charge is -2.36. The zero-order chi connectivity index (χ0) is 17.8. The van der Waals surface area contributed by atoms with Crippen LogP contribution in [-0.4, -0.2) is 29.1 Å². The van der Waals surface area contributed by atoms with Crippen LogP contribution in [0.1, 0.15) is 24.3 Å². The van der Waals surface area contributed by atoms with Crippen molar-refractivity contribution in [3.05, 3.63) is 70.3 Å². The summed E-state index contributed by atoms with van der Waals surface area (Å²) in [6.07, 6.45) is 1.56. The Morgan fingerprint density at radius 3 is 2.15 bits per heavy atom. The van der Waals surface area contributed by atoms with Gasteiger partial charge in [-0.15, -0.1) is 12.4 Å². The monoisotopic (exact) mass is 376 g/mol. The average molecular weight is 377 g/mol. The minimum absolute atomic E-state index is 0. The second kappa shape index (κ2) is 8.67. The number of carboxylic acid groups (broad SMARTS) is 1. The summed E-state index contributed by atoms with van der Waals surface area (Å²) < 4.78 is 0. The number of hydrogen-bond donors (Lipinski definition) is 1. The maximum absolute atomic E-state index is 11.8. The number of nitrogens with zero attached hydrogens (tertiary/aromatic N) is 2. The van der Waals surface area contributed by atoms with Gasteiger partial charge in [-0.1, -0.05) is 30.3 Å². The molecule has 0 bridgehead atoms. The molecule has 26 heavy (non-hydrogen) atoms. The van der Waals surface area contributed by atoms with E-state index in [4.69, 9.17) is 0 Å². The zero-order valence-corrected chi connectivity index (χ0v) is 15.0. The Morgan fingerprint density at radius 1 is 1.08 bits per heavy atom. The predicted molar refractivity (Wildman–Crippen MR) is 102 cm³/mol. The SMILES string of the molecule is Cl.O=C(O)C(c1ccccc1)C1CCN(c2ccc([N+](=O)[O-])cc2)CC1. The molecule has 0 radical (unpaired) electrons. The number of anilines is 1. The molecule has 0 saturated carbocycles. The third-order valence-corrected chi connectivity index (χ3v) is 4.86. The summed E-state index contributed by atoms with van der Waals surface area (Å²) in [6.45, 7) is 1.50. The van der Waals surface area contributed by atoms with Gasteiger partial charge < -0.3 is 10.0 Å². The van der Waals surface area contributed by atoms with Crippen molar-refractivity contribution in [1.82, 2.24) is 0 Å². The van der Waals surface area contributed by atoms with Crippen LogP contribution in [0.5, 0.6) is 0 Å². The summed E-state index contributed by atoms with van der Waals surface area (Å²) in [4.78, 5) is 24.3. The number of hydrogen-bond acceptors (Lipinski definition) is 4. The van der Waals surface area contributed by atoms with Crippen molar-refractivity contribution in [2.75, 3.05) is 18.0 Å². The summed E-state index contributed by atoms with van der Waals surface area (Å²) in [7, 11) is 0. The molecule has 2 aromatic carbocycles. The highest BCUT2D eigenvalue weighted by Crippen LogP contribution is 2.34. The molecule has 138 valence electrons. The number of non-ortho nitro benzene ring substituents is 1. The van der Waals surface area contributed by atoms with Crippen LogP contribution in [0.15, 0.2) is 54.6 Å². The summed E-state index contributed by atoms with van der Waals surface area (Å²) in [5.41, 5.74) is 1.87. The molecule has 1 unspecified atom stereocenters. The molecule has 1 heterocycles. The van der Waals surface area contributed by atoms with E-state index in [0.717, 1.165) is 37.2 Å². The van der Waals surface area contributed by atoms with Gasteiger partial charge in [-0.05, 0) is 36.5 Å². The Bertz CT molecular complexity index is 744. The fourth-order valence-electron chi connectivity index (χ4n) is 3.55. The lowest BCUT2D eigenvalue weighted by molar-refractivity contribution is -0.384. The van der Waals surface area contributed by atoms with Crippen LogP contribution in [-0.2, 0) is 4.79 Å². The molecule has 3 rings (SSSR count). The van der Waals surface area contributed by atoms with E-state index < -0.39 is 16.8 Å². The van der Waals surface area contributed by atoms with Crippen molar-refractivity contribution < 1.29 is 14.8 Å². The first-order chi connectivity index (χ1) is 12.1. The van der Waals surface area contributed by atoms with Gasteiger partial charge in [0.05, 0.1) is 10.8 Å². The van der Waals surface area contributed by atoms with E-state index in [-0.39, 0.29) is 24.0 Å². The highest BCUT2D eigenvalue weighted by molar-refractivity contribution is 5.85. The maximum atomic E-state index is 11.8. The number of halogens is 1. The van der Waals surface area contributed by atoms with E-state index in [1.54, 1.807) is 12.1 Å². The quantitative estimate of drug-likeness (QED) is 0.627. The van der Waals surface area contributed by atoms with Crippen LogP contribution in [0.25, 0.3) is 0 Å². The first-order valence-electron chi connectivity index (χ1n) is 8.33. The van der Waals surface area contributed by atoms with Crippen LogP contribution in [0.2, 0.25) is 0 Å². The first-order valence-corrected chi connectivity index (χ1v) is 8.33. The van der Waals surface area contributed by atoms with Crippen molar-refractivity contribution in [2.45, 2.75) is 18.8 Å². The van der Waals surface area contributed by atoms with E-state index >= 15 is 0 Å². The Balaban J connectivity index is 0.00000243. The molecular weight excluding hydrogens is 356 g/mol. The van der Waals surface area contributed by atoms with Gasteiger partial charge in [-0.2, -0.15) is 0 Å². The molecule has 1 atom stereocenters. The van der Waals surface area contributed by atoms with E-state index in [1.165, 1.54) is 12.1 Å². The molecule has 0 aliphatic carbocycles. The van der Waals surface area contributed by atoms with Gasteiger partial charge in [0.2, 0.25) is 0 Å². The minimum Gasteiger partial charge on any atom is -0.481 e. The largest absolute Gasteiger partial charge is 0.481 e. The number of carbonyl (C=O) groups is 1.